The van der Waals surface area contributed by atoms with Gasteiger partial charge in [-0.1, -0.05) is 37.9 Å². The first-order valence-electron chi connectivity index (χ1n) is 6.67. The Bertz CT molecular complexity index is 638. The summed E-state index contributed by atoms with van der Waals surface area (Å²) in [6.45, 7) is 4.99. The number of rotatable bonds is 4. The fourth-order valence-electron chi connectivity index (χ4n) is 2.14. The molecule has 108 valence electrons. The lowest BCUT2D eigenvalue weighted by atomic mass is 10.1. The number of halogens is 1. The second kappa shape index (κ2) is 6.02. The molecule has 20 heavy (non-hydrogen) atoms. The van der Waals surface area contributed by atoms with Crippen LogP contribution in [0.25, 0.3) is 10.1 Å². The van der Waals surface area contributed by atoms with Crippen LogP contribution in [-0.2, 0) is 0 Å². The molecule has 2 aromatic rings. The molecule has 1 amide bonds. The zero-order valence-electron chi connectivity index (χ0n) is 11.9. The van der Waals surface area contributed by atoms with Crippen molar-refractivity contribution in [1.29, 1.82) is 0 Å². The highest BCUT2D eigenvalue weighted by molar-refractivity contribution is 7.21. The molecule has 2 rings (SSSR count). The van der Waals surface area contributed by atoms with Gasteiger partial charge in [0.25, 0.3) is 5.91 Å². The number of nitrogen functional groups attached to an aromatic ring is 1. The Labute approximate surface area is 128 Å². The molecular weight excluding hydrogens is 292 g/mol. The van der Waals surface area contributed by atoms with Crippen molar-refractivity contribution in [3.63, 3.8) is 0 Å². The van der Waals surface area contributed by atoms with Crippen LogP contribution in [0.3, 0.4) is 0 Å². The van der Waals surface area contributed by atoms with E-state index in [1.165, 1.54) is 11.3 Å². The number of carbonyl (C=O) groups excluding carboxylic acids is 1. The zero-order chi connectivity index (χ0) is 14.9. The van der Waals surface area contributed by atoms with Crippen molar-refractivity contribution < 1.29 is 4.79 Å². The average Bonchev–Trinajstić information content (AvgIpc) is 2.76. The highest BCUT2D eigenvalue weighted by Crippen LogP contribution is 2.38. The van der Waals surface area contributed by atoms with E-state index >= 15 is 0 Å². The number of nitrogens with two attached hydrogens (primary N) is 1. The Morgan fingerprint density at radius 2 is 2.20 bits per heavy atom. The van der Waals surface area contributed by atoms with E-state index in [1.807, 2.05) is 19.2 Å². The average molecular weight is 311 g/mol. The second-order valence-corrected chi connectivity index (χ2v) is 6.62. The SMILES string of the molecule is CCC(C)CN(C)C(=O)c1sc2cccc(Cl)c2c1N. The number of hydrogen-bond donors (Lipinski definition) is 1. The lowest BCUT2D eigenvalue weighted by molar-refractivity contribution is 0.0780. The maximum atomic E-state index is 12.5. The van der Waals surface area contributed by atoms with Crippen molar-refractivity contribution in [2.75, 3.05) is 19.3 Å². The van der Waals surface area contributed by atoms with E-state index in [0.29, 0.717) is 21.5 Å². The number of nitrogens with zero attached hydrogens (tertiary/aromatic N) is 1. The first-order valence-corrected chi connectivity index (χ1v) is 7.87. The Kier molecular flexibility index (Phi) is 4.55. The van der Waals surface area contributed by atoms with Gasteiger partial charge in [0.15, 0.2) is 0 Å². The van der Waals surface area contributed by atoms with Crippen molar-refractivity contribution in [2.45, 2.75) is 20.3 Å². The fourth-order valence-corrected chi connectivity index (χ4v) is 3.62. The van der Waals surface area contributed by atoms with Gasteiger partial charge < -0.3 is 10.6 Å². The molecule has 0 saturated heterocycles. The number of fused-ring (bicyclic) bond motifs is 1. The molecule has 3 nitrogen and oxygen atoms in total. The van der Waals surface area contributed by atoms with Crippen LogP contribution in [0.15, 0.2) is 18.2 Å². The topological polar surface area (TPSA) is 46.3 Å². The molecule has 5 heteroatoms. The van der Waals surface area contributed by atoms with E-state index in [0.717, 1.165) is 23.1 Å². The summed E-state index contributed by atoms with van der Waals surface area (Å²) in [6.07, 6.45) is 1.05. The number of carbonyl (C=O) groups is 1. The predicted molar refractivity (Wildman–Crippen MR) is 87.7 cm³/mol. The fraction of sp³-hybridized carbons (Fsp3) is 0.400. The first-order chi connectivity index (χ1) is 9.45. The summed E-state index contributed by atoms with van der Waals surface area (Å²) in [4.78, 5) is 14.8. The minimum atomic E-state index is -0.0277. The lowest BCUT2D eigenvalue weighted by Gasteiger charge is -2.20. The number of thiophene rings is 1. The molecule has 1 atom stereocenters. The summed E-state index contributed by atoms with van der Waals surface area (Å²) in [6, 6.07) is 5.61. The van der Waals surface area contributed by atoms with Crippen LogP contribution in [0.1, 0.15) is 29.9 Å². The maximum absolute atomic E-state index is 12.5. The highest BCUT2D eigenvalue weighted by Gasteiger charge is 2.21. The molecule has 0 saturated carbocycles. The van der Waals surface area contributed by atoms with E-state index in [1.54, 1.807) is 11.0 Å². The third kappa shape index (κ3) is 2.76. The largest absolute Gasteiger partial charge is 0.397 e. The van der Waals surface area contributed by atoms with Crippen LogP contribution < -0.4 is 5.73 Å². The van der Waals surface area contributed by atoms with E-state index in [2.05, 4.69) is 13.8 Å². The van der Waals surface area contributed by atoms with Gasteiger partial charge in [0.1, 0.15) is 4.88 Å². The Morgan fingerprint density at radius 3 is 2.80 bits per heavy atom. The molecule has 0 bridgehead atoms. The summed E-state index contributed by atoms with van der Waals surface area (Å²) >= 11 is 7.58. The highest BCUT2D eigenvalue weighted by atomic mass is 35.5. The Morgan fingerprint density at radius 1 is 1.50 bits per heavy atom. The summed E-state index contributed by atoms with van der Waals surface area (Å²) in [5, 5.41) is 1.39. The molecule has 1 unspecified atom stereocenters. The zero-order valence-corrected chi connectivity index (χ0v) is 13.5. The minimum Gasteiger partial charge on any atom is -0.397 e. The smallest absolute Gasteiger partial charge is 0.265 e. The van der Waals surface area contributed by atoms with Crippen LogP contribution in [0.2, 0.25) is 5.02 Å². The van der Waals surface area contributed by atoms with Crippen LogP contribution in [0.5, 0.6) is 0 Å². The van der Waals surface area contributed by atoms with Crippen molar-refractivity contribution in [2.24, 2.45) is 5.92 Å². The predicted octanol–water partition coefficient (Wildman–Crippen LogP) is 4.26. The van der Waals surface area contributed by atoms with Gasteiger partial charge >= 0.3 is 0 Å². The quantitative estimate of drug-likeness (QED) is 0.917. The second-order valence-electron chi connectivity index (χ2n) is 5.16. The number of amides is 1. The van der Waals surface area contributed by atoms with Gasteiger partial charge in [0.2, 0.25) is 0 Å². The van der Waals surface area contributed by atoms with E-state index in [4.69, 9.17) is 17.3 Å². The number of benzene rings is 1. The molecule has 1 heterocycles. The van der Waals surface area contributed by atoms with E-state index < -0.39 is 0 Å². The maximum Gasteiger partial charge on any atom is 0.265 e. The van der Waals surface area contributed by atoms with Gasteiger partial charge in [0, 0.05) is 23.7 Å². The standard InChI is InChI=1S/C15H19ClN2OS/c1-4-9(2)8-18(3)15(19)14-13(17)12-10(16)6-5-7-11(12)20-14/h5-7,9H,4,8,17H2,1-3H3. The molecule has 2 N–H and O–H groups in total. The summed E-state index contributed by atoms with van der Waals surface area (Å²) < 4.78 is 0.954. The summed E-state index contributed by atoms with van der Waals surface area (Å²) in [7, 11) is 1.82. The Hall–Kier alpha value is -1.26. The van der Waals surface area contributed by atoms with Crippen LogP contribution in [-0.4, -0.2) is 24.4 Å². The Balaban J connectivity index is 2.36. The van der Waals surface area contributed by atoms with Gasteiger partial charge in [-0.2, -0.15) is 0 Å². The van der Waals surface area contributed by atoms with Crippen LogP contribution in [0.4, 0.5) is 5.69 Å². The molecule has 0 aliphatic rings. The van der Waals surface area contributed by atoms with Crippen molar-refractivity contribution in [1.82, 2.24) is 4.90 Å². The van der Waals surface area contributed by atoms with Crippen molar-refractivity contribution in [3.8, 4) is 0 Å². The van der Waals surface area contributed by atoms with Gasteiger partial charge in [-0.3, -0.25) is 4.79 Å². The molecule has 1 aromatic heterocycles. The first kappa shape index (κ1) is 15.1. The monoisotopic (exact) mass is 310 g/mol. The minimum absolute atomic E-state index is 0.0277. The lowest BCUT2D eigenvalue weighted by Crippen LogP contribution is -2.30. The molecular formula is C15H19ClN2OS. The number of anilines is 1. The molecule has 0 aliphatic heterocycles. The number of hydrogen-bond acceptors (Lipinski definition) is 3. The van der Waals surface area contributed by atoms with Crippen LogP contribution in [0, 0.1) is 5.92 Å². The summed E-state index contributed by atoms with van der Waals surface area (Å²) in [5.74, 6) is 0.447. The van der Waals surface area contributed by atoms with Gasteiger partial charge in [-0.15, -0.1) is 11.3 Å². The molecule has 0 aliphatic carbocycles. The molecule has 1 aromatic carbocycles. The normalized spacial score (nSPS) is 12.6. The van der Waals surface area contributed by atoms with Gasteiger partial charge in [-0.25, -0.2) is 0 Å². The molecule has 0 spiro atoms. The van der Waals surface area contributed by atoms with Crippen molar-refractivity contribution in [3.05, 3.63) is 28.1 Å². The van der Waals surface area contributed by atoms with Gasteiger partial charge in [0.05, 0.1) is 10.7 Å². The third-order valence-electron chi connectivity index (χ3n) is 3.52. The molecule has 0 fully saturated rings. The van der Waals surface area contributed by atoms with Crippen LogP contribution >= 0.6 is 22.9 Å². The van der Waals surface area contributed by atoms with Crippen molar-refractivity contribution >= 4 is 44.6 Å². The van der Waals surface area contributed by atoms with E-state index in [-0.39, 0.29) is 5.91 Å². The third-order valence-corrected chi connectivity index (χ3v) is 5.00. The molecule has 0 radical (unpaired) electrons. The van der Waals surface area contributed by atoms with Gasteiger partial charge in [-0.05, 0) is 18.1 Å². The van der Waals surface area contributed by atoms with E-state index in [9.17, 15) is 4.79 Å². The summed E-state index contributed by atoms with van der Waals surface area (Å²) in [5.41, 5.74) is 6.62.